The van der Waals surface area contributed by atoms with Gasteiger partial charge in [0.05, 0.1) is 24.2 Å². The van der Waals surface area contributed by atoms with Crippen molar-refractivity contribution in [3.63, 3.8) is 0 Å². The van der Waals surface area contributed by atoms with E-state index in [1.54, 1.807) is 35.4 Å². The maximum atomic E-state index is 10.0. The quantitative estimate of drug-likeness (QED) is 0.809. The van der Waals surface area contributed by atoms with E-state index in [1.165, 1.54) is 0 Å². The minimum atomic E-state index is 0.160. The first-order valence-electron chi connectivity index (χ1n) is 6.36. The van der Waals surface area contributed by atoms with Gasteiger partial charge in [0, 0.05) is 12.4 Å². The maximum absolute atomic E-state index is 10.0. The Balaban J connectivity index is 2.30. The zero-order chi connectivity index (χ0) is 13.7. The summed E-state index contributed by atoms with van der Waals surface area (Å²) < 4.78 is 7.47. The SMILES string of the molecule is C=C(c1c(O)cccc1OCCCC)n1ccnc1. The number of imidazole rings is 1. The summed E-state index contributed by atoms with van der Waals surface area (Å²) in [7, 11) is 0. The van der Waals surface area contributed by atoms with Crippen molar-refractivity contribution in [3.05, 3.63) is 49.1 Å². The molecule has 19 heavy (non-hydrogen) atoms. The molecule has 0 spiro atoms. The Bertz CT molecular complexity index is 547. The fourth-order valence-corrected chi connectivity index (χ4v) is 1.80. The third-order valence-corrected chi connectivity index (χ3v) is 2.86. The van der Waals surface area contributed by atoms with Crippen molar-refractivity contribution in [1.82, 2.24) is 9.55 Å². The van der Waals surface area contributed by atoms with Crippen LogP contribution in [0.2, 0.25) is 0 Å². The zero-order valence-electron chi connectivity index (χ0n) is 11.0. The van der Waals surface area contributed by atoms with Crippen molar-refractivity contribution in [3.8, 4) is 11.5 Å². The second kappa shape index (κ2) is 6.09. The topological polar surface area (TPSA) is 47.3 Å². The molecular formula is C15H18N2O2. The van der Waals surface area contributed by atoms with Gasteiger partial charge in [-0.15, -0.1) is 0 Å². The molecule has 0 saturated carbocycles. The molecule has 100 valence electrons. The second-order valence-corrected chi connectivity index (χ2v) is 4.27. The van der Waals surface area contributed by atoms with E-state index in [1.807, 2.05) is 6.07 Å². The van der Waals surface area contributed by atoms with Crippen LogP contribution >= 0.6 is 0 Å². The first kappa shape index (κ1) is 13.2. The van der Waals surface area contributed by atoms with Crippen LogP contribution in [0.5, 0.6) is 11.5 Å². The number of hydrogen-bond acceptors (Lipinski definition) is 3. The summed E-state index contributed by atoms with van der Waals surface area (Å²) in [6.07, 6.45) is 7.14. The third-order valence-electron chi connectivity index (χ3n) is 2.86. The first-order chi connectivity index (χ1) is 9.24. The van der Waals surface area contributed by atoms with E-state index in [-0.39, 0.29) is 5.75 Å². The minimum absolute atomic E-state index is 0.160. The maximum Gasteiger partial charge on any atom is 0.132 e. The monoisotopic (exact) mass is 258 g/mol. The van der Waals surface area contributed by atoms with Crippen molar-refractivity contribution in [2.75, 3.05) is 6.61 Å². The van der Waals surface area contributed by atoms with E-state index in [9.17, 15) is 5.11 Å². The Morgan fingerprint density at radius 2 is 2.32 bits per heavy atom. The summed E-state index contributed by atoms with van der Waals surface area (Å²) in [6, 6.07) is 5.23. The van der Waals surface area contributed by atoms with Gasteiger partial charge >= 0.3 is 0 Å². The largest absolute Gasteiger partial charge is 0.507 e. The fraction of sp³-hybridized carbons (Fsp3) is 0.267. The molecule has 0 aliphatic rings. The number of benzene rings is 1. The van der Waals surface area contributed by atoms with Crippen LogP contribution in [-0.4, -0.2) is 21.3 Å². The van der Waals surface area contributed by atoms with Crippen LogP contribution in [0.25, 0.3) is 5.70 Å². The van der Waals surface area contributed by atoms with Gasteiger partial charge < -0.3 is 14.4 Å². The molecule has 2 aromatic rings. The summed E-state index contributed by atoms with van der Waals surface area (Å²) in [6.45, 7) is 6.74. The van der Waals surface area contributed by atoms with Crippen molar-refractivity contribution >= 4 is 5.70 Å². The second-order valence-electron chi connectivity index (χ2n) is 4.27. The summed E-state index contributed by atoms with van der Waals surface area (Å²) in [5.41, 5.74) is 1.25. The number of aromatic nitrogens is 2. The molecule has 2 rings (SSSR count). The number of hydrogen-bond donors (Lipinski definition) is 1. The lowest BCUT2D eigenvalue weighted by molar-refractivity contribution is 0.306. The lowest BCUT2D eigenvalue weighted by atomic mass is 10.1. The lowest BCUT2D eigenvalue weighted by Gasteiger charge is -2.15. The molecule has 0 saturated heterocycles. The number of phenols is 1. The Morgan fingerprint density at radius 3 is 3.00 bits per heavy atom. The molecular weight excluding hydrogens is 240 g/mol. The van der Waals surface area contributed by atoms with Crippen LogP contribution in [0.4, 0.5) is 0 Å². The summed E-state index contributed by atoms with van der Waals surface area (Å²) in [5.74, 6) is 0.805. The Kier molecular flexibility index (Phi) is 4.23. The number of ether oxygens (including phenoxy) is 1. The van der Waals surface area contributed by atoms with E-state index in [0.717, 1.165) is 12.8 Å². The average Bonchev–Trinajstić information content (AvgIpc) is 2.92. The zero-order valence-corrected chi connectivity index (χ0v) is 11.0. The predicted octanol–water partition coefficient (Wildman–Crippen LogP) is 3.29. The van der Waals surface area contributed by atoms with Crippen LogP contribution in [0.1, 0.15) is 25.3 Å². The van der Waals surface area contributed by atoms with E-state index >= 15 is 0 Å². The van der Waals surface area contributed by atoms with Crippen LogP contribution in [-0.2, 0) is 0 Å². The standard InChI is InChI=1S/C15H18N2O2/c1-3-4-10-19-14-7-5-6-13(18)15(14)12(2)17-9-8-16-11-17/h5-9,11,18H,2-4,10H2,1H3. The first-order valence-corrected chi connectivity index (χ1v) is 6.36. The van der Waals surface area contributed by atoms with E-state index < -0.39 is 0 Å². The number of aromatic hydroxyl groups is 1. The van der Waals surface area contributed by atoms with Gasteiger partial charge in [0.1, 0.15) is 11.5 Å². The van der Waals surface area contributed by atoms with Crippen LogP contribution in [0, 0.1) is 0 Å². The van der Waals surface area contributed by atoms with Gasteiger partial charge in [-0.1, -0.05) is 26.0 Å². The average molecular weight is 258 g/mol. The molecule has 0 aliphatic carbocycles. The summed E-state index contributed by atoms with van der Waals surface area (Å²) in [4.78, 5) is 3.98. The highest BCUT2D eigenvalue weighted by Crippen LogP contribution is 2.34. The van der Waals surface area contributed by atoms with Gasteiger partial charge in [0.2, 0.25) is 0 Å². The lowest BCUT2D eigenvalue weighted by Crippen LogP contribution is -2.02. The highest BCUT2D eigenvalue weighted by molar-refractivity contribution is 5.73. The number of rotatable bonds is 6. The Hall–Kier alpha value is -2.23. The van der Waals surface area contributed by atoms with Crippen molar-refractivity contribution in [2.45, 2.75) is 19.8 Å². The Labute approximate surface area is 113 Å². The van der Waals surface area contributed by atoms with E-state index in [4.69, 9.17) is 4.74 Å². The predicted molar refractivity (Wildman–Crippen MR) is 75.2 cm³/mol. The number of nitrogens with zero attached hydrogens (tertiary/aromatic N) is 2. The molecule has 1 aromatic heterocycles. The smallest absolute Gasteiger partial charge is 0.132 e. The molecule has 4 nitrogen and oxygen atoms in total. The molecule has 0 aliphatic heterocycles. The highest BCUT2D eigenvalue weighted by atomic mass is 16.5. The molecule has 1 N–H and O–H groups in total. The van der Waals surface area contributed by atoms with Gasteiger partial charge in [-0.3, -0.25) is 0 Å². The molecule has 0 amide bonds. The normalized spacial score (nSPS) is 10.4. The molecule has 0 unspecified atom stereocenters. The van der Waals surface area contributed by atoms with Crippen molar-refractivity contribution in [2.24, 2.45) is 0 Å². The van der Waals surface area contributed by atoms with Gasteiger partial charge in [-0.25, -0.2) is 4.98 Å². The molecule has 0 fully saturated rings. The number of phenolic OH excluding ortho intramolecular Hbond substituents is 1. The van der Waals surface area contributed by atoms with Crippen LogP contribution < -0.4 is 4.74 Å². The minimum Gasteiger partial charge on any atom is -0.507 e. The fourth-order valence-electron chi connectivity index (χ4n) is 1.80. The van der Waals surface area contributed by atoms with Crippen molar-refractivity contribution in [1.29, 1.82) is 0 Å². The third kappa shape index (κ3) is 2.96. The molecule has 1 heterocycles. The molecule has 1 aromatic carbocycles. The molecule has 0 bridgehead atoms. The van der Waals surface area contributed by atoms with Gasteiger partial charge in [-0.05, 0) is 18.6 Å². The Morgan fingerprint density at radius 1 is 1.47 bits per heavy atom. The van der Waals surface area contributed by atoms with Crippen LogP contribution in [0.15, 0.2) is 43.5 Å². The molecule has 0 radical (unpaired) electrons. The van der Waals surface area contributed by atoms with Gasteiger partial charge in [0.15, 0.2) is 0 Å². The number of unbranched alkanes of at least 4 members (excludes halogenated alkanes) is 1. The summed E-state index contributed by atoms with van der Waals surface area (Å²) >= 11 is 0. The molecule has 4 heteroatoms. The molecule has 0 atom stereocenters. The van der Waals surface area contributed by atoms with Gasteiger partial charge in [0.25, 0.3) is 0 Å². The summed E-state index contributed by atoms with van der Waals surface area (Å²) in [5, 5.41) is 10.0. The highest BCUT2D eigenvalue weighted by Gasteiger charge is 2.13. The van der Waals surface area contributed by atoms with E-state index in [0.29, 0.717) is 23.6 Å². The van der Waals surface area contributed by atoms with E-state index in [2.05, 4.69) is 18.5 Å². The van der Waals surface area contributed by atoms with Crippen LogP contribution in [0.3, 0.4) is 0 Å². The van der Waals surface area contributed by atoms with Gasteiger partial charge in [-0.2, -0.15) is 0 Å². The van der Waals surface area contributed by atoms with Crippen molar-refractivity contribution < 1.29 is 9.84 Å².